The Labute approximate surface area is 505 Å². The molecular formula is C64H124O17P2. The third kappa shape index (κ3) is 57.6. The minimum Gasteiger partial charge on any atom is -0.462 e. The van der Waals surface area contributed by atoms with Crippen LogP contribution in [-0.2, 0) is 65.4 Å². The summed E-state index contributed by atoms with van der Waals surface area (Å²) in [6, 6.07) is 0. The van der Waals surface area contributed by atoms with Crippen LogP contribution in [0.15, 0.2) is 0 Å². The van der Waals surface area contributed by atoms with Crippen LogP contribution in [0, 0.1) is 11.8 Å². The van der Waals surface area contributed by atoms with Crippen LogP contribution in [0.2, 0.25) is 0 Å². The first-order valence-corrected chi connectivity index (χ1v) is 36.5. The van der Waals surface area contributed by atoms with Crippen LogP contribution in [-0.4, -0.2) is 96.7 Å². The van der Waals surface area contributed by atoms with E-state index in [0.29, 0.717) is 25.7 Å². The molecule has 0 bridgehead atoms. The SMILES string of the molecule is CCCCCCCCCCCCC(=O)O[C@H](COC(=O)CCCCCCC)COP(=O)(O)OC[C@H](O)COP(=O)(O)OC[C@@H](COC(=O)CCCCCCCCCCCCC(C)CC)OC(=O)CCCCCCCCCCCCCC(C)C. The molecule has 3 N–H and O–H groups in total. The van der Waals surface area contributed by atoms with Crippen LogP contribution >= 0.6 is 15.6 Å². The summed E-state index contributed by atoms with van der Waals surface area (Å²) < 4.78 is 67.8. The van der Waals surface area contributed by atoms with Crippen molar-refractivity contribution in [2.24, 2.45) is 11.8 Å². The lowest BCUT2D eigenvalue weighted by atomic mass is 9.99. The van der Waals surface area contributed by atoms with Crippen molar-refractivity contribution in [3.05, 3.63) is 0 Å². The summed E-state index contributed by atoms with van der Waals surface area (Å²) >= 11 is 0. The van der Waals surface area contributed by atoms with Crippen LogP contribution in [0.5, 0.6) is 0 Å². The zero-order valence-electron chi connectivity index (χ0n) is 53.5. The van der Waals surface area contributed by atoms with Gasteiger partial charge in [-0.1, -0.05) is 266 Å². The minimum atomic E-state index is -4.94. The average Bonchev–Trinajstić information content (AvgIpc) is 3.46. The van der Waals surface area contributed by atoms with Crippen molar-refractivity contribution < 1.29 is 80.2 Å². The number of phosphoric acid groups is 2. The molecule has 0 aliphatic rings. The number of aliphatic hydroxyl groups is 1. The summed E-state index contributed by atoms with van der Waals surface area (Å²) in [5.74, 6) is -0.569. The highest BCUT2D eigenvalue weighted by molar-refractivity contribution is 7.47. The van der Waals surface area contributed by atoms with E-state index in [0.717, 1.165) is 108 Å². The summed E-state index contributed by atoms with van der Waals surface area (Å²) in [6.45, 7) is 9.43. The number of hydrogen-bond donors (Lipinski definition) is 3. The van der Waals surface area contributed by atoms with Gasteiger partial charge in [-0.05, 0) is 37.5 Å². The van der Waals surface area contributed by atoms with Crippen LogP contribution in [0.3, 0.4) is 0 Å². The number of aliphatic hydroxyl groups excluding tert-OH is 1. The van der Waals surface area contributed by atoms with Crippen molar-refractivity contribution in [1.29, 1.82) is 0 Å². The topological polar surface area (TPSA) is 237 Å². The fourth-order valence-corrected chi connectivity index (χ4v) is 11.1. The molecule has 0 spiro atoms. The molecule has 0 amide bonds. The first-order valence-electron chi connectivity index (χ1n) is 33.5. The highest BCUT2D eigenvalue weighted by Gasteiger charge is 2.30. The molecule has 0 aromatic rings. The average molecular weight is 1230 g/mol. The molecular weight excluding hydrogens is 1100 g/mol. The van der Waals surface area contributed by atoms with Crippen molar-refractivity contribution in [2.45, 2.75) is 336 Å². The quantitative estimate of drug-likeness (QED) is 0.0222. The molecule has 0 rings (SSSR count). The molecule has 0 fully saturated rings. The molecule has 0 saturated carbocycles. The number of phosphoric ester groups is 2. The van der Waals surface area contributed by atoms with Crippen LogP contribution in [0.4, 0.5) is 0 Å². The molecule has 6 atom stereocenters. The summed E-state index contributed by atoms with van der Waals surface area (Å²) in [6.07, 6.45) is 39.2. The van der Waals surface area contributed by atoms with Gasteiger partial charge >= 0.3 is 39.5 Å². The predicted molar refractivity (Wildman–Crippen MR) is 331 cm³/mol. The molecule has 0 radical (unpaired) electrons. The summed E-state index contributed by atoms with van der Waals surface area (Å²) in [5, 5.41) is 10.5. The van der Waals surface area contributed by atoms with E-state index in [4.69, 9.17) is 37.0 Å². The third-order valence-electron chi connectivity index (χ3n) is 15.1. The Morgan fingerprint density at radius 1 is 0.349 bits per heavy atom. The largest absolute Gasteiger partial charge is 0.472 e. The molecule has 0 aliphatic heterocycles. The van der Waals surface area contributed by atoms with Crippen molar-refractivity contribution in [2.75, 3.05) is 39.6 Å². The number of hydrogen-bond acceptors (Lipinski definition) is 15. The van der Waals surface area contributed by atoms with Gasteiger partial charge in [0.05, 0.1) is 26.4 Å². The summed E-state index contributed by atoms with van der Waals surface area (Å²) in [7, 11) is -9.88. The maximum absolute atomic E-state index is 13.0. The molecule has 492 valence electrons. The Morgan fingerprint density at radius 2 is 0.614 bits per heavy atom. The normalized spacial score (nSPS) is 14.6. The van der Waals surface area contributed by atoms with Gasteiger partial charge in [0, 0.05) is 25.7 Å². The highest BCUT2D eigenvalue weighted by Crippen LogP contribution is 2.45. The molecule has 0 aliphatic carbocycles. The van der Waals surface area contributed by atoms with Crippen molar-refractivity contribution >= 4 is 39.5 Å². The first kappa shape index (κ1) is 81.1. The number of carbonyl (C=O) groups excluding carboxylic acids is 4. The minimum absolute atomic E-state index is 0.105. The van der Waals surface area contributed by atoms with Crippen LogP contribution in [0.25, 0.3) is 0 Å². The van der Waals surface area contributed by atoms with Crippen LogP contribution < -0.4 is 0 Å². The molecule has 3 unspecified atom stereocenters. The predicted octanol–water partition coefficient (Wildman–Crippen LogP) is 17.7. The maximum Gasteiger partial charge on any atom is 0.472 e. The van der Waals surface area contributed by atoms with Gasteiger partial charge in [-0.15, -0.1) is 0 Å². The van der Waals surface area contributed by atoms with E-state index in [1.807, 2.05) is 0 Å². The van der Waals surface area contributed by atoms with E-state index < -0.39 is 97.5 Å². The fraction of sp³-hybridized carbons (Fsp3) is 0.938. The van der Waals surface area contributed by atoms with E-state index in [9.17, 15) is 43.2 Å². The van der Waals surface area contributed by atoms with E-state index in [2.05, 4.69) is 41.5 Å². The standard InChI is InChI=1S/C64H124O17P2/c1-7-10-12-14-15-16-24-30-36-42-48-63(68)80-59(52-74-61(66)46-40-32-13-11-8-2)54-78-82(70,71)76-50-58(65)51-77-83(72,73)79-55-60(81-64(69)49-43-37-31-26-19-17-18-22-27-33-38-44-56(4)5)53-75-62(67)47-41-35-29-25-21-20-23-28-34-39-45-57(6)9-3/h56-60,65H,7-55H2,1-6H3,(H,70,71)(H,72,73)/t57?,58-,59+,60+/m0/s1. The number of ether oxygens (including phenoxy) is 4. The zero-order chi connectivity index (χ0) is 61.5. The summed E-state index contributed by atoms with van der Waals surface area (Å²) in [5.41, 5.74) is 0. The second-order valence-electron chi connectivity index (χ2n) is 23.9. The molecule has 0 aromatic heterocycles. The molecule has 19 heteroatoms. The van der Waals surface area contributed by atoms with Gasteiger partial charge < -0.3 is 33.8 Å². The van der Waals surface area contributed by atoms with E-state index in [-0.39, 0.29) is 25.7 Å². The van der Waals surface area contributed by atoms with Crippen molar-refractivity contribution in [3.63, 3.8) is 0 Å². The molecule has 0 saturated heterocycles. The van der Waals surface area contributed by atoms with Gasteiger partial charge in [-0.2, -0.15) is 0 Å². The molecule has 83 heavy (non-hydrogen) atoms. The fourth-order valence-electron chi connectivity index (χ4n) is 9.50. The van der Waals surface area contributed by atoms with Gasteiger partial charge in [0.1, 0.15) is 19.3 Å². The molecule has 0 heterocycles. The van der Waals surface area contributed by atoms with Gasteiger partial charge in [-0.3, -0.25) is 37.3 Å². The zero-order valence-corrected chi connectivity index (χ0v) is 55.3. The Kier molecular flexibility index (Phi) is 55.2. The third-order valence-corrected chi connectivity index (χ3v) is 17.0. The maximum atomic E-state index is 13.0. The number of rotatable bonds is 63. The lowest BCUT2D eigenvalue weighted by molar-refractivity contribution is -0.161. The van der Waals surface area contributed by atoms with E-state index >= 15 is 0 Å². The highest BCUT2D eigenvalue weighted by atomic mass is 31.2. The van der Waals surface area contributed by atoms with Gasteiger partial charge in [0.15, 0.2) is 12.2 Å². The monoisotopic (exact) mass is 1230 g/mol. The lowest BCUT2D eigenvalue weighted by Gasteiger charge is -2.21. The smallest absolute Gasteiger partial charge is 0.462 e. The Bertz CT molecular complexity index is 1630. The second kappa shape index (κ2) is 56.6. The van der Waals surface area contributed by atoms with Crippen molar-refractivity contribution in [1.82, 2.24) is 0 Å². The lowest BCUT2D eigenvalue weighted by Crippen LogP contribution is -2.30. The van der Waals surface area contributed by atoms with Crippen LogP contribution in [0.1, 0.15) is 318 Å². The Balaban J connectivity index is 5.18. The van der Waals surface area contributed by atoms with Gasteiger partial charge in [0.25, 0.3) is 0 Å². The first-order chi connectivity index (χ1) is 39.9. The van der Waals surface area contributed by atoms with Crippen molar-refractivity contribution in [3.8, 4) is 0 Å². The Morgan fingerprint density at radius 3 is 0.916 bits per heavy atom. The summed E-state index contributed by atoms with van der Waals surface area (Å²) in [4.78, 5) is 72.0. The molecule has 0 aromatic carbocycles. The number of carbonyl (C=O) groups is 4. The molecule has 17 nitrogen and oxygen atoms in total. The van der Waals surface area contributed by atoms with E-state index in [1.54, 1.807) is 0 Å². The van der Waals surface area contributed by atoms with Gasteiger partial charge in [-0.25, -0.2) is 9.13 Å². The van der Waals surface area contributed by atoms with E-state index in [1.165, 1.54) is 128 Å². The number of esters is 4. The van der Waals surface area contributed by atoms with Gasteiger partial charge in [0.2, 0.25) is 0 Å². The second-order valence-corrected chi connectivity index (χ2v) is 26.8. The number of unbranched alkanes of at least 4 members (excludes halogenated alkanes) is 32. The Hall–Kier alpha value is -1.94.